The monoisotopic (exact) mass is 395 g/mol. The molecule has 0 fully saturated rings. The molecule has 1 aromatic carbocycles. The molecule has 1 aromatic heterocycles. The summed E-state index contributed by atoms with van der Waals surface area (Å²) in [5.41, 5.74) is 4.68. The van der Waals surface area contributed by atoms with Crippen molar-refractivity contribution in [3.8, 4) is 11.4 Å². The molecule has 0 unspecified atom stereocenters. The predicted molar refractivity (Wildman–Crippen MR) is 97.9 cm³/mol. The van der Waals surface area contributed by atoms with Crippen molar-refractivity contribution in [3.63, 3.8) is 0 Å². The van der Waals surface area contributed by atoms with Gasteiger partial charge >= 0.3 is 0 Å². The normalized spacial score (nSPS) is 11.6. The summed E-state index contributed by atoms with van der Waals surface area (Å²) in [7, 11) is 1.90. The van der Waals surface area contributed by atoms with E-state index in [9.17, 15) is 0 Å². The highest BCUT2D eigenvalue weighted by atomic mass is 127. The van der Waals surface area contributed by atoms with Gasteiger partial charge in [0.1, 0.15) is 5.82 Å². The molecule has 1 heterocycles. The van der Waals surface area contributed by atoms with Crippen LogP contribution in [-0.4, -0.2) is 17.0 Å². The number of hydrogen-bond acceptors (Lipinski definition) is 3. The molecule has 0 bridgehead atoms. The van der Waals surface area contributed by atoms with Gasteiger partial charge in [0.15, 0.2) is 5.82 Å². The Labute approximate surface area is 140 Å². The first-order valence-corrected chi connectivity index (χ1v) is 8.15. The van der Waals surface area contributed by atoms with Crippen LogP contribution in [0.25, 0.3) is 11.4 Å². The van der Waals surface area contributed by atoms with Gasteiger partial charge in [-0.1, -0.05) is 32.9 Å². The van der Waals surface area contributed by atoms with Crippen LogP contribution in [0.4, 0.5) is 5.82 Å². The maximum atomic E-state index is 4.83. The van der Waals surface area contributed by atoms with Crippen LogP contribution in [0, 0.1) is 17.4 Å². The molecule has 0 radical (unpaired) electrons. The van der Waals surface area contributed by atoms with E-state index in [1.807, 2.05) is 7.05 Å². The van der Waals surface area contributed by atoms with Crippen LogP contribution < -0.4 is 5.32 Å². The maximum absolute atomic E-state index is 4.83. The van der Waals surface area contributed by atoms with Gasteiger partial charge in [-0.2, -0.15) is 0 Å². The zero-order chi connectivity index (χ0) is 15.8. The van der Waals surface area contributed by atoms with Crippen molar-refractivity contribution in [2.24, 2.45) is 0 Å². The van der Waals surface area contributed by atoms with Gasteiger partial charge in [-0.15, -0.1) is 0 Å². The SMILES string of the molecule is CNc1nc(-c2ccc(C)c(C)c2)nc(C(C)(C)C)c1I. The number of nitrogens with zero attached hydrogens (tertiary/aromatic N) is 2. The zero-order valence-corrected chi connectivity index (χ0v) is 15.7. The number of halogens is 1. The summed E-state index contributed by atoms with van der Waals surface area (Å²) < 4.78 is 1.09. The number of nitrogens with one attached hydrogen (secondary N) is 1. The lowest BCUT2D eigenvalue weighted by atomic mass is 9.91. The van der Waals surface area contributed by atoms with Gasteiger partial charge < -0.3 is 5.32 Å². The van der Waals surface area contributed by atoms with Gasteiger partial charge in [0.2, 0.25) is 0 Å². The molecule has 0 amide bonds. The van der Waals surface area contributed by atoms with Crippen molar-refractivity contribution in [3.05, 3.63) is 38.6 Å². The van der Waals surface area contributed by atoms with Crippen molar-refractivity contribution in [1.82, 2.24) is 9.97 Å². The van der Waals surface area contributed by atoms with E-state index in [1.54, 1.807) is 0 Å². The Hall–Kier alpha value is -1.17. The highest BCUT2D eigenvalue weighted by molar-refractivity contribution is 14.1. The van der Waals surface area contributed by atoms with Gasteiger partial charge in [-0.3, -0.25) is 0 Å². The van der Waals surface area contributed by atoms with Crippen molar-refractivity contribution in [2.75, 3.05) is 12.4 Å². The first-order chi connectivity index (χ1) is 9.74. The Morgan fingerprint density at radius 2 is 1.71 bits per heavy atom. The Balaban J connectivity index is 2.66. The lowest BCUT2D eigenvalue weighted by molar-refractivity contribution is 0.564. The number of aromatic nitrogens is 2. The summed E-state index contributed by atoms with van der Waals surface area (Å²) in [5, 5.41) is 3.19. The molecule has 0 aliphatic carbocycles. The summed E-state index contributed by atoms with van der Waals surface area (Å²) in [6.07, 6.45) is 0. The van der Waals surface area contributed by atoms with Crippen LogP contribution in [0.15, 0.2) is 18.2 Å². The van der Waals surface area contributed by atoms with Crippen molar-refractivity contribution in [1.29, 1.82) is 0 Å². The topological polar surface area (TPSA) is 37.8 Å². The minimum atomic E-state index is -0.0143. The third kappa shape index (κ3) is 3.36. The second-order valence-electron chi connectivity index (χ2n) is 6.36. The number of anilines is 1. The Morgan fingerprint density at radius 3 is 2.24 bits per heavy atom. The van der Waals surface area contributed by atoms with Crippen LogP contribution in [0.1, 0.15) is 37.6 Å². The van der Waals surface area contributed by atoms with Crippen molar-refractivity contribution < 1.29 is 0 Å². The number of hydrogen-bond donors (Lipinski definition) is 1. The molecule has 2 rings (SSSR count). The highest BCUT2D eigenvalue weighted by Gasteiger charge is 2.23. The van der Waals surface area contributed by atoms with E-state index in [0.29, 0.717) is 0 Å². The van der Waals surface area contributed by atoms with Gasteiger partial charge in [0, 0.05) is 18.0 Å². The molecule has 112 valence electrons. The van der Waals surface area contributed by atoms with Crippen LogP contribution in [0.5, 0.6) is 0 Å². The van der Waals surface area contributed by atoms with Crippen LogP contribution in [0.3, 0.4) is 0 Å². The van der Waals surface area contributed by atoms with E-state index in [4.69, 9.17) is 4.98 Å². The van der Waals surface area contributed by atoms with Crippen LogP contribution in [-0.2, 0) is 5.41 Å². The van der Waals surface area contributed by atoms with Crippen molar-refractivity contribution >= 4 is 28.4 Å². The Kier molecular flexibility index (Phi) is 4.56. The zero-order valence-electron chi connectivity index (χ0n) is 13.5. The first kappa shape index (κ1) is 16.2. The van der Waals surface area contributed by atoms with Gasteiger partial charge in [0.05, 0.1) is 9.26 Å². The van der Waals surface area contributed by atoms with E-state index in [0.717, 1.165) is 26.5 Å². The van der Waals surface area contributed by atoms with Crippen LogP contribution in [0.2, 0.25) is 0 Å². The maximum Gasteiger partial charge on any atom is 0.161 e. The summed E-state index contributed by atoms with van der Waals surface area (Å²) in [5.74, 6) is 1.68. The largest absolute Gasteiger partial charge is 0.372 e. The summed E-state index contributed by atoms with van der Waals surface area (Å²) >= 11 is 2.33. The number of rotatable bonds is 2. The van der Waals surface area contributed by atoms with Crippen LogP contribution >= 0.6 is 22.6 Å². The molecular weight excluding hydrogens is 373 g/mol. The fourth-order valence-corrected chi connectivity index (χ4v) is 3.44. The molecule has 0 saturated heterocycles. The molecule has 0 spiro atoms. The smallest absolute Gasteiger partial charge is 0.161 e. The molecule has 0 atom stereocenters. The van der Waals surface area contributed by atoms with Gasteiger partial charge in [-0.05, 0) is 53.6 Å². The molecule has 0 saturated carbocycles. The quantitative estimate of drug-likeness (QED) is 0.749. The molecule has 4 heteroatoms. The minimum Gasteiger partial charge on any atom is -0.372 e. The number of aryl methyl sites for hydroxylation is 2. The average Bonchev–Trinajstić information content (AvgIpc) is 2.41. The molecule has 0 aliphatic heterocycles. The average molecular weight is 395 g/mol. The fourth-order valence-electron chi connectivity index (χ4n) is 2.12. The Bertz CT molecular complexity index is 672. The highest BCUT2D eigenvalue weighted by Crippen LogP contribution is 2.31. The Morgan fingerprint density at radius 1 is 1.05 bits per heavy atom. The second-order valence-corrected chi connectivity index (χ2v) is 7.44. The summed E-state index contributed by atoms with van der Waals surface area (Å²) in [6, 6.07) is 6.38. The molecule has 3 nitrogen and oxygen atoms in total. The van der Waals surface area contributed by atoms with Crippen molar-refractivity contribution in [2.45, 2.75) is 40.0 Å². The first-order valence-electron chi connectivity index (χ1n) is 7.07. The molecule has 2 aromatic rings. The van der Waals surface area contributed by atoms with Gasteiger partial charge in [-0.25, -0.2) is 9.97 Å². The summed E-state index contributed by atoms with van der Waals surface area (Å²) in [6.45, 7) is 10.8. The predicted octanol–water partition coefficient (Wildman–Crippen LogP) is 4.70. The fraction of sp³-hybridized carbons (Fsp3) is 0.412. The lowest BCUT2D eigenvalue weighted by Gasteiger charge is -2.22. The van der Waals surface area contributed by atoms with Gasteiger partial charge in [0.25, 0.3) is 0 Å². The van der Waals surface area contributed by atoms with E-state index in [1.165, 1.54) is 11.1 Å². The lowest BCUT2D eigenvalue weighted by Crippen LogP contribution is -2.18. The minimum absolute atomic E-state index is 0.0143. The standard InChI is InChI=1S/C17H22IN3/c1-10-7-8-12(9-11(10)2)15-20-14(17(3,4)5)13(18)16(19-6)21-15/h7-9H,1-6H3,(H,19,20,21). The summed E-state index contributed by atoms with van der Waals surface area (Å²) in [4.78, 5) is 9.51. The second kappa shape index (κ2) is 5.91. The molecule has 1 N–H and O–H groups in total. The van der Waals surface area contributed by atoms with E-state index in [-0.39, 0.29) is 5.41 Å². The van der Waals surface area contributed by atoms with E-state index in [2.05, 4.69) is 85.7 Å². The molecule has 21 heavy (non-hydrogen) atoms. The van der Waals surface area contributed by atoms with E-state index >= 15 is 0 Å². The third-order valence-electron chi connectivity index (χ3n) is 3.56. The van der Waals surface area contributed by atoms with E-state index < -0.39 is 0 Å². The third-order valence-corrected chi connectivity index (χ3v) is 4.59. The number of benzene rings is 1. The molecule has 0 aliphatic rings. The molecular formula is C17H22IN3.